The van der Waals surface area contributed by atoms with Crippen molar-refractivity contribution in [1.29, 1.82) is 0 Å². The summed E-state index contributed by atoms with van der Waals surface area (Å²) >= 11 is 0. The zero-order chi connectivity index (χ0) is 15.5. The van der Waals surface area contributed by atoms with E-state index in [1.54, 1.807) is 0 Å². The predicted octanol–water partition coefficient (Wildman–Crippen LogP) is 5.61. The average molecular weight is 291 g/mol. The van der Waals surface area contributed by atoms with Gasteiger partial charge in [-0.1, -0.05) is 64.0 Å². The molecule has 0 saturated heterocycles. The van der Waals surface area contributed by atoms with Crippen LogP contribution in [-0.2, 0) is 0 Å². The molecule has 1 unspecified atom stereocenters. The van der Waals surface area contributed by atoms with E-state index in [0.717, 1.165) is 12.2 Å². The van der Waals surface area contributed by atoms with Crippen LogP contribution in [0, 0.1) is 0 Å². The highest BCUT2D eigenvalue weighted by atomic mass is 16.5. The third-order valence-corrected chi connectivity index (χ3v) is 3.78. The molecule has 0 spiro atoms. The van der Waals surface area contributed by atoms with E-state index in [1.807, 2.05) is 26.0 Å². The molecule has 1 rings (SSSR count). The Balaban J connectivity index is 2.26. The Kier molecular flexibility index (Phi) is 9.16. The summed E-state index contributed by atoms with van der Waals surface area (Å²) in [7, 11) is 0. The van der Waals surface area contributed by atoms with Crippen LogP contribution < -0.4 is 10.5 Å². The fourth-order valence-corrected chi connectivity index (χ4v) is 2.58. The van der Waals surface area contributed by atoms with Crippen LogP contribution in [0.4, 0.5) is 0 Å². The molecule has 0 bridgehead atoms. The van der Waals surface area contributed by atoms with Crippen LogP contribution in [0.25, 0.3) is 0 Å². The number of hydrogen-bond donors (Lipinski definition) is 1. The van der Waals surface area contributed by atoms with Crippen molar-refractivity contribution in [2.45, 2.75) is 84.3 Å². The molecule has 2 nitrogen and oxygen atoms in total. The van der Waals surface area contributed by atoms with Gasteiger partial charge in [-0.15, -0.1) is 0 Å². The highest BCUT2D eigenvalue weighted by Crippen LogP contribution is 2.22. The first-order valence-electron chi connectivity index (χ1n) is 8.65. The van der Waals surface area contributed by atoms with E-state index in [2.05, 4.69) is 19.1 Å². The summed E-state index contributed by atoms with van der Waals surface area (Å²) in [6.07, 6.45) is 10.6. The molecule has 1 aromatic rings. The topological polar surface area (TPSA) is 35.2 Å². The summed E-state index contributed by atoms with van der Waals surface area (Å²) in [5.41, 5.74) is 7.50. The molecule has 0 fully saturated rings. The highest BCUT2D eigenvalue weighted by molar-refractivity contribution is 5.30. The Morgan fingerprint density at radius 2 is 1.67 bits per heavy atom. The number of ether oxygens (including phenoxy) is 1. The van der Waals surface area contributed by atoms with Gasteiger partial charge in [0.1, 0.15) is 5.75 Å². The van der Waals surface area contributed by atoms with Gasteiger partial charge in [-0.25, -0.2) is 0 Å². The van der Waals surface area contributed by atoms with Gasteiger partial charge >= 0.3 is 0 Å². The summed E-state index contributed by atoms with van der Waals surface area (Å²) in [6.45, 7) is 6.35. The lowest BCUT2D eigenvalue weighted by atomic mass is 10.00. The second-order valence-corrected chi connectivity index (χ2v) is 6.26. The molecule has 0 amide bonds. The summed E-state index contributed by atoms with van der Waals surface area (Å²) in [5.74, 6) is 0.928. The van der Waals surface area contributed by atoms with Gasteiger partial charge in [0, 0.05) is 6.04 Å². The first-order chi connectivity index (χ1) is 10.1. The summed E-state index contributed by atoms with van der Waals surface area (Å²) in [4.78, 5) is 0. The SMILES string of the molecule is CCCCCCCCCC(N)c1cccc(OC(C)C)c1. The second kappa shape index (κ2) is 10.7. The molecule has 0 aliphatic heterocycles. The van der Waals surface area contributed by atoms with E-state index in [0.29, 0.717) is 0 Å². The largest absolute Gasteiger partial charge is 0.491 e. The Morgan fingerprint density at radius 3 is 2.33 bits per heavy atom. The molecule has 1 aromatic carbocycles. The van der Waals surface area contributed by atoms with Gasteiger partial charge in [0.15, 0.2) is 0 Å². The molecule has 2 heteroatoms. The second-order valence-electron chi connectivity index (χ2n) is 6.26. The highest BCUT2D eigenvalue weighted by Gasteiger charge is 2.07. The molecule has 1 atom stereocenters. The van der Waals surface area contributed by atoms with Crippen LogP contribution >= 0.6 is 0 Å². The van der Waals surface area contributed by atoms with E-state index in [1.165, 1.54) is 50.5 Å². The minimum absolute atomic E-state index is 0.136. The molecule has 0 saturated carbocycles. The van der Waals surface area contributed by atoms with Crippen molar-refractivity contribution in [2.24, 2.45) is 5.73 Å². The molecule has 0 heterocycles. The Labute approximate surface area is 131 Å². The Morgan fingerprint density at radius 1 is 1.00 bits per heavy atom. The predicted molar refractivity (Wildman–Crippen MR) is 91.7 cm³/mol. The Hall–Kier alpha value is -1.02. The van der Waals surface area contributed by atoms with E-state index < -0.39 is 0 Å². The Bertz CT molecular complexity index is 376. The van der Waals surface area contributed by atoms with Crippen LogP contribution in [0.2, 0.25) is 0 Å². The van der Waals surface area contributed by atoms with Crippen molar-refractivity contribution >= 4 is 0 Å². The summed E-state index contributed by atoms with van der Waals surface area (Å²) in [6, 6.07) is 8.38. The summed E-state index contributed by atoms with van der Waals surface area (Å²) < 4.78 is 5.73. The van der Waals surface area contributed by atoms with Crippen molar-refractivity contribution in [3.8, 4) is 5.75 Å². The monoisotopic (exact) mass is 291 g/mol. The van der Waals surface area contributed by atoms with Gasteiger partial charge in [-0.3, -0.25) is 0 Å². The van der Waals surface area contributed by atoms with E-state index in [9.17, 15) is 0 Å². The molecule has 0 aliphatic rings. The van der Waals surface area contributed by atoms with Gasteiger partial charge < -0.3 is 10.5 Å². The first kappa shape index (κ1) is 18.0. The zero-order valence-corrected chi connectivity index (χ0v) is 14.1. The van der Waals surface area contributed by atoms with Crippen LogP contribution in [0.15, 0.2) is 24.3 Å². The van der Waals surface area contributed by atoms with Crippen molar-refractivity contribution in [3.63, 3.8) is 0 Å². The number of unbranched alkanes of at least 4 members (excludes halogenated alkanes) is 6. The maximum absolute atomic E-state index is 6.30. The fourth-order valence-electron chi connectivity index (χ4n) is 2.58. The van der Waals surface area contributed by atoms with E-state index in [4.69, 9.17) is 10.5 Å². The molecule has 2 N–H and O–H groups in total. The van der Waals surface area contributed by atoms with Gasteiger partial charge in [-0.2, -0.15) is 0 Å². The minimum Gasteiger partial charge on any atom is -0.491 e. The van der Waals surface area contributed by atoms with E-state index >= 15 is 0 Å². The van der Waals surface area contributed by atoms with Gasteiger partial charge in [-0.05, 0) is 38.0 Å². The molecular formula is C19H33NO. The molecule has 0 radical (unpaired) electrons. The molecule has 21 heavy (non-hydrogen) atoms. The third-order valence-electron chi connectivity index (χ3n) is 3.78. The van der Waals surface area contributed by atoms with Crippen LogP contribution in [0.5, 0.6) is 5.75 Å². The average Bonchev–Trinajstić information content (AvgIpc) is 2.45. The molecular weight excluding hydrogens is 258 g/mol. The lowest BCUT2D eigenvalue weighted by Gasteiger charge is -2.15. The first-order valence-corrected chi connectivity index (χ1v) is 8.65. The third kappa shape index (κ3) is 8.11. The van der Waals surface area contributed by atoms with Gasteiger partial charge in [0.2, 0.25) is 0 Å². The number of nitrogens with two attached hydrogens (primary N) is 1. The summed E-state index contributed by atoms with van der Waals surface area (Å²) in [5, 5.41) is 0. The maximum atomic E-state index is 6.30. The van der Waals surface area contributed by atoms with Gasteiger partial charge in [0.25, 0.3) is 0 Å². The standard InChI is InChI=1S/C19H33NO/c1-4-5-6-7-8-9-10-14-19(20)17-12-11-13-18(15-17)21-16(2)3/h11-13,15-16,19H,4-10,14,20H2,1-3H3. The van der Waals surface area contributed by atoms with Crippen LogP contribution in [0.1, 0.15) is 83.7 Å². The molecule has 0 aliphatic carbocycles. The molecule has 120 valence electrons. The zero-order valence-electron chi connectivity index (χ0n) is 14.1. The lowest BCUT2D eigenvalue weighted by Crippen LogP contribution is -2.11. The quantitative estimate of drug-likeness (QED) is 0.537. The normalized spacial score (nSPS) is 12.6. The number of benzene rings is 1. The van der Waals surface area contributed by atoms with Crippen LogP contribution in [-0.4, -0.2) is 6.10 Å². The fraction of sp³-hybridized carbons (Fsp3) is 0.684. The van der Waals surface area contributed by atoms with Crippen molar-refractivity contribution in [3.05, 3.63) is 29.8 Å². The van der Waals surface area contributed by atoms with Crippen molar-refractivity contribution in [1.82, 2.24) is 0 Å². The molecule has 0 aromatic heterocycles. The van der Waals surface area contributed by atoms with Crippen molar-refractivity contribution in [2.75, 3.05) is 0 Å². The lowest BCUT2D eigenvalue weighted by molar-refractivity contribution is 0.242. The van der Waals surface area contributed by atoms with Crippen molar-refractivity contribution < 1.29 is 4.74 Å². The van der Waals surface area contributed by atoms with Crippen LogP contribution in [0.3, 0.4) is 0 Å². The number of hydrogen-bond acceptors (Lipinski definition) is 2. The number of rotatable bonds is 11. The van der Waals surface area contributed by atoms with E-state index in [-0.39, 0.29) is 12.1 Å². The van der Waals surface area contributed by atoms with Gasteiger partial charge in [0.05, 0.1) is 6.10 Å². The smallest absolute Gasteiger partial charge is 0.120 e. The maximum Gasteiger partial charge on any atom is 0.120 e. The minimum atomic E-state index is 0.136.